The number of para-hydroxylation sites is 2. The molecule has 5 nitrogen and oxygen atoms in total. The maximum Gasteiger partial charge on any atom is 0.223 e. The average Bonchev–Trinajstić information content (AvgIpc) is 3.22. The van der Waals surface area contributed by atoms with Crippen molar-refractivity contribution >= 4 is 16.9 Å². The third kappa shape index (κ3) is 7.84. The number of imidazole rings is 1. The van der Waals surface area contributed by atoms with Crippen molar-refractivity contribution in [2.45, 2.75) is 85.1 Å². The van der Waals surface area contributed by atoms with E-state index in [0.717, 1.165) is 75.1 Å². The van der Waals surface area contributed by atoms with Gasteiger partial charge in [-0.3, -0.25) is 4.79 Å². The van der Waals surface area contributed by atoms with Crippen molar-refractivity contribution in [1.29, 1.82) is 0 Å². The number of carbonyl (C=O) groups is 1. The van der Waals surface area contributed by atoms with Gasteiger partial charge in [0.1, 0.15) is 11.6 Å². The third-order valence-corrected chi connectivity index (χ3v) is 6.81. The number of fused-ring (bicyclic) bond motifs is 1. The number of aromatic nitrogens is 2. The van der Waals surface area contributed by atoms with Crippen LogP contribution in [0.4, 0.5) is 0 Å². The first kappa shape index (κ1) is 26.8. The van der Waals surface area contributed by atoms with E-state index in [1.54, 1.807) is 0 Å². The minimum absolute atomic E-state index is 0.151. The number of nitrogens with one attached hydrogen (secondary N) is 1. The summed E-state index contributed by atoms with van der Waals surface area (Å²) in [7, 11) is 0. The van der Waals surface area contributed by atoms with E-state index in [0.29, 0.717) is 12.5 Å². The fourth-order valence-corrected chi connectivity index (χ4v) is 4.53. The molecule has 0 atom stereocenters. The minimum atomic E-state index is 0.151. The number of hydrogen-bond donors (Lipinski definition) is 1. The van der Waals surface area contributed by atoms with Crippen molar-refractivity contribution in [3.05, 3.63) is 59.9 Å². The van der Waals surface area contributed by atoms with Crippen LogP contribution in [0.3, 0.4) is 0 Å². The van der Waals surface area contributed by atoms with Gasteiger partial charge in [-0.15, -0.1) is 0 Å². The molecule has 1 amide bonds. The number of nitrogens with zero attached hydrogens (tertiary/aromatic N) is 2. The molecule has 2 aromatic carbocycles. The lowest BCUT2D eigenvalue weighted by atomic mass is 10.0. The Labute approximate surface area is 211 Å². The largest absolute Gasteiger partial charge is 0.494 e. The maximum absolute atomic E-state index is 12.1. The summed E-state index contributed by atoms with van der Waals surface area (Å²) in [4.78, 5) is 17.0. The molecule has 35 heavy (non-hydrogen) atoms. The smallest absolute Gasteiger partial charge is 0.223 e. The summed E-state index contributed by atoms with van der Waals surface area (Å²) in [6.45, 7) is 10.9. The maximum atomic E-state index is 12.1. The molecule has 1 heterocycles. The zero-order chi connectivity index (χ0) is 25.0. The van der Waals surface area contributed by atoms with Crippen LogP contribution in [-0.4, -0.2) is 28.6 Å². The lowest BCUT2D eigenvalue weighted by Gasteiger charge is -2.13. The van der Waals surface area contributed by atoms with E-state index in [2.05, 4.69) is 86.1 Å². The van der Waals surface area contributed by atoms with Crippen LogP contribution >= 0.6 is 0 Å². The molecule has 1 N–H and O–H groups in total. The molecule has 0 unspecified atom stereocenters. The number of benzene rings is 2. The summed E-state index contributed by atoms with van der Waals surface area (Å²) in [6, 6.07) is 16.8. The molecule has 0 bridgehead atoms. The lowest BCUT2D eigenvalue weighted by molar-refractivity contribution is -0.125. The molecule has 0 aliphatic rings. The minimum Gasteiger partial charge on any atom is -0.494 e. The van der Waals surface area contributed by atoms with E-state index in [9.17, 15) is 4.79 Å². The molecule has 0 aliphatic heterocycles. The predicted octanol–water partition coefficient (Wildman–Crippen LogP) is 6.89. The number of unbranched alkanes of at least 4 members (excludes halogenated alkanes) is 2. The highest BCUT2D eigenvalue weighted by molar-refractivity contribution is 5.78. The van der Waals surface area contributed by atoms with E-state index >= 15 is 0 Å². The molecule has 3 aromatic rings. The van der Waals surface area contributed by atoms with Gasteiger partial charge in [-0.05, 0) is 67.9 Å². The van der Waals surface area contributed by atoms with E-state index in [1.165, 1.54) is 11.1 Å². The monoisotopic (exact) mass is 477 g/mol. The summed E-state index contributed by atoms with van der Waals surface area (Å²) in [5, 5.41) is 3.10. The highest BCUT2D eigenvalue weighted by Crippen LogP contribution is 2.20. The normalized spacial score (nSPS) is 11.5. The third-order valence-electron chi connectivity index (χ3n) is 6.81. The molecule has 0 fully saturated rings. The fraction of sp³-hybridized carbons (Fsp3) is 0.533. The first-order chi connectivity index (χ1) is 17.0. The summed E-state index contributed by atoms with van der Waals surface area (Å²) < 4.78 is 8.36. The Hall–Kier alpha value is -2.82. The van der Waals surface area contributed by atoms with Crippen LogP contribution in [0.1, 0.15) is 83.5 Å². The van der Waals surface area contributed by atoms with Crippen LogP contribution in [0.5, 0.6) is 5.75 Å². The number of ether oxygens (including phenoxy) is 1. The number of amides is 1. The van der Waals surface area contributed by atoms with Gasteiger partial charge in [0.25, 0.3) is 0 Å². The van der Waals surface area contributed by atoms with Crippen molar-refractivity contribution in [1.82, 2.24) is 14.9 Å². The van der Waals surface area contributed by atoms with Crippen LogP contribution in [0.2, 0.25) is 0 Å². The predicted molar refractivity (Wildman–Crippen MR) is 145 cm³/mol. The molecule has 0 saturated carbocycles. The molecule has 190 valence electrons. The Morgan fingerprint density at radius 2 is 1.71 bits per heavy atom. The second kappa shape index (κ2) is 13.9. The Balaban J connectivity index is 1.47. The van der Waals surface area contributed by atoms with E-state index in [-0.39, 0.29) is 11.8 Å². The van der Waals surface area contributed by atoms with Crippen molar-refractivity contribution in [2.24, 2.45) is 5.92 Å². The number of rotatable bonds is 15. The Bertz CT molecular complexity index is 1040. The lowest BCUT2D eigenvalue weighted by Crippen LogP contribution is -2.30. The van der Waals surface area contributed by atoms with E-state index in [4.69, 9.17) is 9.72 Å². The van der Waals surface area contributed by atoms with E-state index in [1.807, 2.05) is 0 Å². The van der Waals surface area contributed by atoms with Gasteiger partial charge < -0.3 is 14.6 Å². The van der Waals surface area contributed by atoms with E-state index < -0.39 is 0 Å². The Kier molecular flexibility index (Phi) is 10.6. The van der Waals surface area contributed by atoms with Crippen LogP contribution in [0, 0.1) is 5.92 Å². The summed E-state index contributed by atoms with van der Waals surface area (Å²) in [6.07, 6.45) is 6.87. The molecule has 0 saturated heterocycles. The summed E-state index contributed by atoms with van der Waals surface area (Å²) in [5.41, 5.74) is 3.59. The molecule has 0 spiro atoms. The van der Waals surface area contributed by atoms with Crippen molar-refractivity contribution in [2.75, 3.05) is 13.2 Å². The van der Waals surface area contributed by atoms with Gasteiger partial charge in [-0.1, -0.05) is 58.4 Å². The molecule has 5 heteroatoms. The number of carbonyl (C=O) groups excluding carboxylic acids is 1. The quantitative estimate of drug-likeness (QED) is 0.242. The van der Waals surface area contributed by atoms with Gasteiger partial charge in [-0.2, -0.15) is 0 Å². The van der Waals surface area contributed by atoms with Crippen LogP contribution in [0.25, 0.3) is 11.0 Å². The number of hydrogen-bond acceptors (Lipinski definition) is 3. The average molecular weight is 478 g/mol. The van der Waals surface area contributed by atoms with Gasteiger partial charge in [0.15, 0.2) is 0 Å². The van der Waals surface area contributed by atoms with Crippen molar-refractivity contribution in [3.63, 3.8) is 0 Å². The molecule has 3 rings (SSSR count). The molecular formula is C30H43N3O2. The molecular weight excluding hydrogens is 434 g/mol. The molecule has 0 radical (unpaired) electrons. The van der Waals surface area contributed by atoms with Gasteiger partial charge >= 0.3 is 0 Å². The fourth-order valence-electron chi connectivity index (χ4n) is 4.53. The highest BCUT2D eigenvalue weighted by Gasteiger charge is 2.13. The van der Waals surface area contributed by atoms with Crippen LogP contribution in [-0.2, 0) is 17.8 Å². The van der Waals surface area contributed by atoms with Gasteiger partial charge in [0.05, 0.1) is 17.6 Å². The molecule has 0 aliphatic carbocycles. The van der Waals surface area contributed by atoms with Gasteiger partial charge in [0.2, 0.25) is 5.91 Å². The van der Waals surface area contributed by atoms with Crippen molar-refractivity contribution in [3.8, 4) is 5.75 Å². The highest BCUT2D eigenvalue weighted by atomic mass is 16.5. The van der Waals surface area contributed by atoms with Crippen LogP contribution in [0.15, 0.2) is 48.5 Å². The topological polar surface area (TPSA) is 56.2 Å². The summed E-state index contributed by atoms with van der Waals surface area (Å²) >= 11 is 0. The Morgan fingerprint density at radius 3 is 2.43 bits per heavy atom. The molecule has 1 aromatic heterocycles. The second-order valence-corrected chi connectivity index (χ2v) is 9.71. The Morgan fingerprint density at radius 1 is 0.971 bits per heavy atom. The van der Waals surface area contributed by atoms with Gasteiger partial charge in [0, 0.05) is 25.4 Å². The first-order valence-corrected chi connectivity index (χ1v) is 13.5. The number of aryl methyl sites for hydroxylation is 2. The van der Waals surface area contributed by atoms with Crippen molar-refractivity contribution < 1.29 is 9.53 Å². The second-order valence-electron chi connectivity index (χ2n) is 9.71. The standard InChI is InChI=1S/C30H43N3O2/c1-5-24(6-2)30(34)31-20-11-7-8-15-29-32-27-13-9-10-14-28(27)33(29)21-12-22-35-26-18-16-25(17-19-26)23(3)4/h9-10,13-14,16-19,23-24H,5-8,11-12,15,20-22H2,1-4H3,(H,31,34). The zero-order valence-corrected chi connectivity index (χ0v) is 22.1. The zero-order valence-electron chi connectivity index (χ0n) is 22.1. The van der Waals surface area contributed by atoms with Crippen LogP contribution < -0.4 is 10.1 Å². The first-order valence-electron chi connectivity index (χ1n) is 13.5. The summed E-state index contributed by atoms with van der Waals surface area (Å²) in [5.74, 6) is 2.97. The van der Waals surface area contributed by atoms with Gasteiger partial charge in [-0.25, -0.2) is 4.98 Å². The SMILES string of the molecule is CCC(CC)C(=O)NCCCCCc1nc2ccccc2n1CCCOc1ccc(C(C)C)cc1.